The summed E-state index contributed by atoms with van der Waals surface area (Å²) >= 11 is 0. The molecular formula is C16H17FN4O. The summed E-state index contributed by atoms with van der Waals surface area (Å²) in [5.74, 6) is 0.219. The number of hydrogen-bond acceptors (Lipinski definition) is 4. The molecule has 3 rings (SSSR count). The molecule has 1 saturated heterocycles. The highest BCUT2D eigenvalue weighted by atomic mass is 19.1. The van der Waals surface area contributed by atoms with Crippen molar-refractivity contribution < 1.29 is 9.18 Å². The summed E-state index contributed by atoms with van der Waals surface area (Å²) in [6.07, 6.45) is 4.81. The molecule has 0 spiro atoms. The molecule has 1 N–H and O–H groups in total. The SMILES string of the molecule is O=C(Nc1ccccn1)C1CCCN(c2ncccc2F)C1. The number of carbonyl (C=O) groups excluding carboxylic acids is 1. The number of halogens is 1. The molecular weight excluding hydrogens is 283 g/mol. The van der Waals surface area contributed by atoms with Gasteiger partial charge < -0.3 is 10.2 Å². The lowest BCUT2D eigenvalue weighted by Crippen LogP contribution is -2.41. The van der Waals surface area contributed by atoms with Crippen LogP contribution in [0.1, 0.15) is 12.8 Å². The van der Waals surface area contributed by atoms with Crippen LogP contribution in [0.2, 0.25) is 0 Å². The zero-order valence-electron chi connectivity index (χ0n) is 12.1. The number of pyridine rings is 2. The zero-order chi connectivity index (χ0) is 15.4. The average molecular weight is 300 g/mol. The number of amides is 1. The first kappa shape index (κ1) is 14.4. The van der Waals surface area contributed by atoms with E-state index in [2.05, 4.69) is 15.3 Å². The van der Waals surface area contributed by atoms with Crippen molar-refractivity contribution in [1.29, 1.82) is 0 Å². The molecule has 1 aliphatic heterocycles. The highest BCUT2D eigenvalue weighted by molar-refractivity contribution is 5.92. The van der Waals surface area contributed by atoms with Gasteiger partial charge >= 0.3 is 0 Å². The van der Waals surface area contributed by atoms with Gasteiger partial charge in [-0.25, -0.2) is 14.4 Å². The molecule has 114 valence electrons. The Kier molecular flexibility index (Phi) is 4.27. The number of piperidine rings is 1. The van der Waals surface area contributed by atoms with E-state index in [-0.39, 0.29) is 17.6 Å². The van der Waals surface area contributed by atoms with Crippen LogP contribution in [0.15, 0.2) is 42.7 Å². The quantitative estimate of drug-likeness (QED) is 0.946. The molecule has 1 fully saturated rings. The molecule has 2 aromatic heterocycles. The van der Waals surface area contributed by atoms with Gasteiger partial charge in [0.05, 0.1) is 5.92 Å². The van der Waals surface area contributed by atoms with E-state index in [9.17, 15) is 9.18 Å². The van der Waals surface area contributed by atoms with Crippen molar-refractivity contribution in [2.75, 3.05) is 23.3 Å². The van der Waals surface area contributed by atoms with Crippen LogP contribution in [0.3, 0.4) is 0 Å². The van der Waals surface area contributed by atoms with Gasteiger partial charge in [-0.1, -0.05) is 6.07 Å². The Labute approximate surface area is 128 Å². The van der Waals surface area contributed by atoms with Crippen LogP contribution in [-0.4, -0.2) is 29.0 Å². The van der Waals surface area contributed by atoms with E-state index >= 15 is 0 Å². The third kappa shape index (κ3) is 3.21. The molecule has 22 heavy (non-hydrogen) atoms. The standard InChI is InChI=1S/C16H17FN4O/c17-13-6-3-9-19-15(13)21-10-4-5-12(11-21)16(22)20-14-7-1-2-8-18-14/h1-3,6-9,12H,4-5,10-11H2,(H,18,20,22). The third-order valence-corrected chi connectivity index (χ3v) is 3.75. The van der Waals surface area contributed by atoms with Crippen LogP contribution in [0, 0.1) is 11.7 Å². The first-order chi connectivity index (χ1) is 10.7. The van der Waals surface area contributed by atoms with Gasteiger partial charge in [-0.15, -0.1) is 0 Å². The number of nitrogens with zero attached hydrogens (tertiary/aromatic N) is 3. The minimum absolute atomic E-state index is 0.0836. The molecule has 3 heterocycles. The van der Waals surface area contributed by atoms with Gasteiger partial charge in [-0.3, -0.25) is 4.79 Å². The monoisotopic (exact) mass is 300 g/mol. The van der Waals surface area contributed by atoms with E-state index in [0.29, 0.717) is 24.7 Å². The fourth-order valence-electron chi connectivity index (χ4n) is 2.66. The largest absolute Gasteiger partial charge is 0.353 e. The van der Waals surface area contributed by atoms with E-state index < -0.39 is 0 Å². The second kappa shape index (κ2) is 6.51. The predicted octanol–water partition coefficient (Wildman–Crippen LogP) is 2.47. The first-order valence-electron chi connectivity index (χ1n) is 7.31. The molecule has 0 radical (unpaired) electrons. The van der Waals surface area contributed by atoms with Gasteiger partial charge in [0.1, 0.15) is 5.82 Å². The van der Waals surface area contributed by atoms with E-state index in [0.717, 1.165) is 12.8 Å². The molecule has 6 heteroatoms. The number of hydrogen-bond donors (Lipinski definition) is 1. The smallest absolute Gasteiger partial charge is 0.230 e. The number of anilines is 2. The van der Waals surface area contributed by atoms with Gasteiger partial charge in [-0.2, -0.15) is 0 Å². The van der Waals surface area contributed by atoms with Gasteiger partial charge in [0.25, 0.3) is 0 Å². The second-order valence-electron chi connectivity index (χ2n) is 5.30. The lowest BCUT2D eigenvalue weighted by Gasteiger charge is -2.32. The topological polar surface area (TPSA) is 58.1 Å². The maximum atomic E-state index is 13.8. The lowest BCUT2D eigenvalue weighted by atomic mass is 9.97. The van der Waals surface area contributed by atoms with E-state index in [1.807, 2.05) is 11.0 Å². The predicted molar refractivity (Wildman–Crippen MR) is 82.0 cm³/mol. The van der Waals surface area contributed by atoms with Crippen molar-refractivity contribution in [2.45, 2.75) is 12.8 Å². The number of carbonyl (C=O) groups is 1. The van der Waals surface area contributed by atoms with Crippen LogP contribution in [0.25, 0.3) is 0 Å². The summed E-state index contributed by atoms with van der Waals surface area (Å²) < 4.78 is 13.8. The number of rotatable bonds is 3. The minimum Gasteiger partial charge on any atom is -0.353 e. The molecule has 2 aromatic rings. The number of nitrogens with one attached hydrogen (secondary N) is 1. The van der Waals surface area contributed by atoms with Crippen molar-refractivity contribution in [3.8, 4) is 0 Å². The van der Waals surface area contributed by atoms with Gasteiger partial charge in [-0.05, 0) is 37.1 Å². The maximum absolute atomic E-state index is 13.8. The van der Waals surface area contributed by atoms with Crippen molar-refractivity contribution in [3.05, 3.63) is 48.5 Å². The van der Waals surface area contributed by atoms with Crippen molar-refractivity contribution in [3.63, 3.8) is 0 Å². The molecule has 0 saturated carbocycles. The lowest BCUT2D eigenvalue weighted by molar-refractivity contribution is -0.120. The Morgan fingerprint density at radius 2 is 2.09 bits per heavy atom. The van der Waals surface area contributed by atoms with Crippen LogP contribution in [0.4, 0.5) is 16.0 Å². The summed E-state index contributed by atoms with van der Waals surface area (Å²) in [5, 5.41) is 2.81. The zero-order valence-corrected chi connectivity index (χ0v) is 12.1. The molecule has 5 nitrogen and oxygen atoms in total. The van der Waals surface area contributed by atoms with Crippen LogP contribution < -0.4 is 10.2 Å². The average Bonchev–Trinajstić information content (AvgIpc) is 2.56. The summed E-state index contributed by atoms with van der Waals surface area (Å²) in [4.78, 5) is 22.3. The fourth-order valence-corrected chi connectivity index (χ4v) is 2.66. The van der Waals surface area contributed by atoms with E-state index in [1.165, 1.54) is 6.07 Å². The second-order valence-corrected chi connectivity index (χ2v) is 5.30. The Hall–Kier alpha value is -2.50. The Morgan fingerprint density at radius 1 is 1.23 bits per heavy atom. The normalized spacial score (nSPS) is 18.0. The molecule has 0 bridgehead atoms. The Bertz CT molecular complexity index is 650. The molecule has 1 atom stereocenters. The van der Waals surface area contributed by atoms with Crippen LogP contribution in [0.5, 0.6) is 0 Å². The molecule has 1 aliphatic rings. The molecule has 0 aliphatic carbocycles. The van der Waals surface area contributed by atoms with E-state index in [4.69, 9.17) is 0 Å². The van der Waals surface area contributed by atoms with Crippen molar-refractivity contribution >= 4 is 17.5 Å². The first-order valence-corrected chi connectivity index (χ1v) is 7.31. The van der Waals surface area contributed by atoms with Gasteiger partial charge in [0.15, 0.2) is 11.6 Å². The molecule has 0 aromatic carbocycles. The Balaban J connectivity index is 1.68. The summed E-state index contributed by atoms with van der Waals surface area (Å²) in [5.41, 5.74) is 0. The minimum atomic E-state index is -0.353. The van der Waals surface area contributed by atoms with Gasteiger partial charge in [0.2, 0.25) is 5.91 Å². The summed E-state index contributed by atoms with van der Waals surface area (Å²) in [6.45, 7) is 1.17. The highest BCUT2D eigenvalue weighted by Crippen LogP contribution is 2.24. The van der Waals surface area contributed by atoms with Crippen molar-refractivity contribution in [2.24, 2.45) is 5.92 Å². The maximum Gasteiger partial charge on any atom is 0.230 e. The van der Waals surface area contributed by atoms with Crippen LogP contribution >= 0.6 is 0 Å². The van der Waals surface area contributed by atoms with Crippen molar-refractivity contribution in [1.82, 2.24) is 9.97 Å². The van der Waals surface area contributed by atoms with E-state index in [1.54, 1.807) is 30.6 Å². The van der Waals surface area contributed by atoms with Gasteiger partial charge in [0, 0.05) is 25.5 Å². The summed E-state index contributed by atoms with van der Waals surface area (Å²) in [7, 11) is 0. The molecule has 1 amide bonds. The third-order valence-electron chi connectivity index (χ3n) is 3.75. The summed E-state index contributed by atoms with van der Waals surface area (Å²) in [6, 6.07) is 8.31. The fraction of sp³-hybridized carbons (Fsp3) is 0.312. The molecule has 1 unspecified atom stereocenters. The number of aromatic nitrogens is 2. The highest BCUT2D eigenvalue weighted by Gasteiger charge is 2.27. The Morgan fingerprint density at radius 3 is 2.86 bits per heavy atom. The van der Waals surface area contributed by atoms with Crippen LogP contribution in [-0.2, 0) is 4.79 Å².